The highest BCUT2D eigenvalue weighted by Crippen LogP contribution is 2.35. The first-order chi connectivity index (χ1) is 14.2. The van der Waals surface area contributed by atoms with Gasteiger partial charge in [-0.25, -0.2) is 4.98 Å². The molecule has 0 aliphatic rings. The second-order valence-electron chi connectivity index (χ2n) is 7.73. The van der Waals surface area contributed by atoms with Crippen LogP contribution in [-0.2, 0) is 6.42 Å². The van der Waals surface area contributed by atoms with Gasteiger partial charge in [-0.3, -0.25) is 4.98 Å². The predicted molar refractivity (Wildman–Crippen MR) is 118 cm³/mol. The molecule has 29 heavy (non-hydrogen) atoms. The van der Waals surface area contributed by atoms with Gasteiger partial charge in [-0.05, 0) is 47.4 Å². The third-order valence-corrected chi connectivity index (χ3v) is 5.38. The molecule has 3 heterocycles. The van der Waals surface area contributed by atoms with Gasteiger partial charge in [-0.2, -0.15) is 0 Å². The zero-order valence-electron chi connectivity index (χ0n) is 16.6. The number of benzene rings is 2. The Kier molecular flexibility index (Phi) is 4.36. The molecule has 0 amide bonds. The molecule has 0 fully saturated rings. The molecule has 0 bridgehead atoms. The van der Waals surface area contributed by atoms with Crippen LogP contribution in [0.1, 0.15) is 36.6 Å². The average molecular weight is 378 g/mol. The highest BCUT2D eigenvalue weighted by Gasteiger charge is 2.15. The van der Waals surface area contributed by atoms with Crippen molar-refractivity contribution in [2.45, 2.75) is 26.2 Å². The maximum absolute atomic E-state index is 6.27. The SMILES string of the molecule is CC(C)c1ccnc(-c2cccc3c2oc2nc(Cc4ccccc4)ccc23)c1. The van der Waals surface area contributed by atoms with Crippen molar-refractivity contribution in [3.63, 3.8) is 0 Å². The minimum Gasteiger partial charge on any atom is -0.437 e. The zero-order chi connectivity index (χ0) is 19.8. The second-order valence-corrected chi connectivity index (χ2v) is 7.73. The molecule has 3 aromatic heterocycles. The number of para-hydroxylation sites is 1. The Hall–Kier alpha value is -3.46. The summed E-state index contributed by atoms with van der Waals surface area (Å²) >= 11 is 0. The minimum atomic E-state index is 0.453. The van der Waals surface area contributed by atoms with Crippen LogP contribution in [0.4, 0.5) is 0 Å². The van der Waals surface area contributed by atoms with Gasteiger partial charge in [0.15, 0.2) is 0 Å². The van der Waals surface area contributed by atoms with E-state index in [0.717, 1.165) is 39.7 Å². The van der Waals surface area contributed by atoms with Crippen molar-refractivity contribution in [3.8, 4) is 11.3 Å². The third kappa shape index (κ3) is 3.29. The number of furan rings is 1. The van der Waals surface area contributed by atoms with Crippen LogP contribution in [0.25, 0.3) is 33.3 Å². The summed E-state index contributed by atoms with van der Waals surface area (Å²) in [6, 6.07) is 25.0. The highest BCUT2D eigenvalue weighted by molar-refractivity contribution is 6.08. The van der Waals surface area contributed by atoms with Gasteiger partial charge in [0.2, 0.25) is 5.71 Å². The number of hydrogen-bond acceptors (Lipinski definition) is 3. The molecule has 5 aromatic rings. The van der Waals surface area contributed by atoms with Gasteiger partial charge in [0.05, 0.1) is 5.69 Å². The summed E-state index contributed by atoms with van der Waals surface area (Å²) in [5.74, 6) is 0.453. The zero-order valence-corrected chi connectivity index (χ0v) is 16.6. The number of fused-ring (bicyclic) bond motifs is 3. The van der Waals surface area contributed by atoms with Crippen LogP contribution in [0, 0.1) is 0 Å². The molecule has 0 unspecified atom stereocenters. The molecule has 142 valence electrons. The molecule has 3 heteroatoms. The van der Waals surface area contributed by atoms with E-state index in [9.17, 15) is 0 Å². The first-order valence-electron chi connectivity index (χ1n) is 10.0. The van der Waals surface area contributed by atoms with Gasteiger partial charge in [0, 0.05) is 34.6 Å². The lowest BCUT2D eigenvalue weighted by molar-refractivity contribution is 0.652. The molecule has 0 radical (unpaired) electrons. The number of pyridine rings is 2. The lowest BCUT2D eigenvalue weighted by atomic mass is 10.0. The van der Waals surface area contributed by atoms with Crippen LogP contribution in [-0.4, -0.2) is 9.97 Å². The van der Waals surface area contributed by atoms with Crippen LogP contribution >= 0.6 is 0 Å². The molecule has 0 N–H and O–H groups in total. The summed E-state index contributed by atoms with van der Waals surface area (Å²) in [7, 11) is 0. The highest BCUT2D eigenvalue weighted by atomic mass is 16.3. The van der Waals surface area contributed by atoms with Crippen LogP contribution < -0.4 is 0 Å². The molecule has 3 nitrogen and oxygen atoms in total. The predicted octanol–water partition coefficient (Wildman–Crippen LogP) is 6.76. The number of nitrogens with zero attached hydrogens (tertiary/aromatic N) is 2. The molecule has 5 rings (SSSR count). The largest absolute Gasteiger partial charge is 0.437 e. The van der Waals surface area contributed by atoms with E-state index in [1.165, 1.54) is 11.1 Å². The van der Waals surface area contributed by atoms with E-state index in [0.29, 0.717) is 11.6 Å². The van der Waals surface area contributed by atoms with Crippen molar-refractivity contribution in [2.24, 2.45) is 0 Å². The van der Waals surface area contributed by atoms with Gasteiger partial charge in [0.25, 0.3) is 0 Å². The van der Waals surface area contributed by atoms with Crippen LogP contribution in [0.2, 0.25) is 0 Å². The molecule has 0 atom stereocenters. The van der Waals surface area contributed by atoms with E-state index < -0.39 is 0 Å². The molecule has 2 aromatic carbocycles. The Morgan fingerprint density at radius 3 is 2.55 bits per heavy atom. The lowest BCUT2D eigenvalue weighted by Crippen LogP contribution is -1.91. The number of rotatable bonds is 4. The summed E-state index contributed by atoms with van der Waals surface area (Å²) < 4.78 is 6.27. The topological polar surface area (TPSA) is 38.9 Å². The van der Waals surface area contributed by atoms with E-state index >= 15 is 0 Å². The summed E-state index contributed by atoms with van der Waals surface area (Å²) in [4.78, 5) is 9.41. The van der Waals surface area contributed by atoms with Crippen molar-refractivity contribution >= 4 is 22.1 Å². The van der Waals surface area contributed by atoms with E-state index in [1.807, 2.05) is 12.3 Å². The minimum absolute atomic E-state index is 0.453. The Bertz CT molecular complexity index is 1300. The van der Waals surface area contributed by atoms with Gasteiger partial charge >= 0.3 is 0 Å². The summed E-state index contributed by atoms with van der Waals surface area (Å²) in [6.45, 7) is 4.39. The normalized spacial score (nSPS) is 11.6. The Labute approximate surface area is 170 Å². The van der Waals surface area contributed by atoms with Crippen molar-refractivity contribution in [3.05, 3.63) is 95.8 Å². The quantitative estimate of drug-likeness (QED) is 0.347. The number of aromatic nitrogens is 2. The van der Waals surface area contributed by atoms with Gasteiger partial charge in [-0.15, -0.1) is 0 Å². The van der Waals surface area contributed by atoms with Crippen molar-refractivity contribution in [2.75, 3.05) is 0 Å². The number of hydrogen-bond donors (Lipinski definition) is 0. The van der Waals surface area contributed by atoms with E-state index in [2.05, 4.69) is 85.6 Å². The average Bonchev–Trinajstić information content (AvgIpc) is 3.12. The fourth-order valence-electron chi connectivity index (χ4n) is 3.78. The van der Waals surface area contributed by atoms with Crippen LogP contribution in [0.5, 0.6) is 0 Å². The van der Waals surface area contributed by atoms with E-state index in [1.54, 1.807) is 0 Å². The van der Waals surface area contributed by atoms with Gasteiger partial charge in [-0.1, -0.05) is 56.3 Å². The first kappa shape index (κ1) is 17.6. The molecule has 0 aliphatic carbocycles. The Balaban J connectivity index is 1.62. The van der Waals surface area contributed by atoms with Crippen molar-refractivity contribution < 1.29 is 4.42 Å². The van der Waals surface area contributed by atoms with E-state index in [4.69, 9.17) is 9.40 Å². The van der Waals surface area contributed by atoms with Gasteiger partial charge in [0.1, 0.15) is 5.58 Å². The third-order valence-electron chi connectivity index (χ3n) is 5.38. The van der Waals surface area contributed by atoms with Crippen molar-refractivity contribution in [1.29, 1.82) is 0 Å². The molecular weight excluding hydrogens is 356 g/mol. The Morgan fingerprint density at radius 1 is 0.862 bits per heavy atom. The molecule has 0 saturated heterocycles. The second kappa shape index (κ2) is 7.17. The molecular formula is C26H22N2O. The summed E-state index contributed by atoms with van der Waals surface area (Å²) in [5, 5.41) is 2.12. The van der Waals surface area contributed by atoms with E-state index in [-0.39, 0.29) is 0 Å². The smallest absolute Gasteiger partial charge is 0.227 e. The maximum Gasteiger partial charge on any atom is 0.227 e. The Morgan fingerprint density at radius 2 is 1.72 bits per heavy atom. The lowest BCUT2D eigenvalue weighted by Gasteiger charge is -2.07. The summed E-state index contributed by atoms with van der Waals surface area (Å²) in [5.41, 5.74) is 6.99. The standard InChI is InChI=1S/C26H22N2O/c1-17(2)19-13-14-27-24(16-19)23-10-6-9-21-22-12-11-20(28-26(22)29-25(21)23)15-18-7-4-3-5-8-18/h3-14,16-17H,15H2,1-2H3. The van der Waals surface area contributed by atoms with Gasteiger partial charge < -0.3 is 4.42 Å². The fourth-order valence-corrected chi connectivity index (χ4v) is 3.78. The van der Waals surface area contributed by atoms with Crippen molar-refractivity contribution in [1.82, 2.24) is 9.97 Å². The van der Waals surface area contributed by atoms with Crippen LogP contribution in [0.15, 0.2) is 83.4 Å². The molecule has 0 saturated carbocycles. The fraction of sp³-hybridized carbons (Fsp3) is 0.154. The molecule has 0 spiro atoms. The first-order valence-corrected chi connectivity index (χ1v) is 10.0. The molecule has 0 aliphatic heterocycles. The monoisotopic (exact) mass is 378 g/mol. The van der Waals surface area contributed by atoms with Crippen LogP contribution in [0.3, 0.4) is 0 Å². The maximum atomic E-state index is 6.27. The summed E-state index contributed by atoms with van der Waals surface area (Å²) in [6.07, 6.45) is 2.67.